The lowest BCUT2D eigenvalue weighted by atomic mass is 9.95. The third-order valence-corrected chi connectivity index (χ3v) is 5.63. The van der Waals surface area contributed by atoms with Gasteiger partial charge >= 0.3 is 5.97 Å². The van der Waals surface area contributed by atoms with Gasteiger partial charge in [-0.15, -0.1) is 10.2 Å². The van der Waals surface area contributed by atoms with Crippen LogP contribution in [0.15, 0.2) is 29.4 Å². The van der Waals surface area contributed by atoms with Gasteiger partial charge in [0.25, 0.3) is 0 Å². The molecule has 1 fully saturated rings. The minimum atomic E-state index is -0.784. The summed E-state index contributed by atoms with van der Waals surface area (Å²) < 4.78 is 4.42. The van der Waals surface area contributed by atoms with Crippen LogP contribution >= 0.6 is 11.8 Å². The van der Waals surface area contributed by atoms with E-state index in [4.69, 9.17) is 5.11 Å². The highest BCUT2D eigenvalue weighted by atomic mass is 32.2. The quantitative estimate of drug-likeness (QED) is 0.714. The first kappa shape index (κ1) is 15.5. The number of carboxylic acids is 1. The second-order valence-electron chi connectivity index (χ2n) is 6.26. The number of hydrogen-bond donors (Lipinski definition) is 1. The molecule has 126 valence electrons. The van der Waals surface area contributed by atoms with Crippen LogP contribution in [0.5, 0.6) is 0 Å². The first-order valence-electron chi connectivity index (χ1n) is 8.44. The number of carbonyl (C=O) groups is 1. The van der Waals surface area contributed by atoms with Crippen LogP contribution in [-0.2, 0) is 4.79 Å². The Morgan fingerprint density at radius 1 is 1.17 bits per heavy atom. The smallest absolute Gasteiger partial charge is 0.304 e. The Labute approximate surface area is 143 Å². The van der Waals surface area contributed by atoms with Crippen LogP contribution in [-0.4, -0.2) is 36.0 Å². The summed E-state index contributed by atoms with van der Waals surface area (Å²) in [5.74, 6) is 0.591. The largest absolute Gasteiger partial charge is 0.481 e. The summed E-state index contributed by atoms with van der Waals surface area (Å²) in [4.78, 5) is 10.8. The molecule has 0 aliphatic heterocycles. The third-order valence-electron chi connectivity index (χ3n) is 4.70. The number of imidazole rings is 1. The SMILES string of the molecule is O=C(O)CCSc1nnc2n(C3CCCCC3)c3ccccc3n12. The van der Waals surface area contributed by atoms with E-state index in [1.807, 2.05) is 6.07 Å². The maximum Gasteiger partial charge on any atom is 0.304 e. The maximum absolute atomic E-state index is 10.8. The molecule has 1 aliphatic rings. The third kappa shape index (κ3) is 2.66. The summed E-state index contributed by atoms with van der Waals surface area (Å²) >= 11 is 1.45. The topological polar surface area (TPSA) is 72.4 Å². The summed E-state index contributed by atoms with van der Waals surface area (Å²) in [6.07, 6.45) is 6.33. The molecule has 1 N–H and O–H groups in total. The van der Waals surface area contributed by atoms with Crippen LogP contribution in [0, 0.1) is 0 Å². The molecule has 0 atom stereocenters. The van der Waals surface area contributed by atoms with Crippen molar-refractivity contribution in [1.29, 1.82) is 0 Å². The van der Waals surface area contributed by atoms with Crippen LogP contribution in [0.1, 0.15) is 44.6 Å². The molecular formula is C17H20N4O2S. The zero-order valence-corrected chi connectivity index (χ0v) is 14.2. The number of nitrogens with zero attached hydrogens (tertiary/aromatic N) is 4. The predicted molar refractivity (Wildman–Crippen MR) is 93.6 cm³/mol. The zero-order valence-electron chi connectivity index (χ0n) is 13.4. The molecule has 4 rings (SSSR count). The molecule has 2 heterocycles. The molecular weight excluding hydrogens is 324 g/mol. The standard InChI is InChI=1S/C17H20N4O2S/c22-15(23)10-11-24-17-19-18-16-20(12-6-2-1-3-7-12)13-8-4-5-9-14(13)21(16)17/h4-5,8-9,12H,1-3,6-7,10-11H2,(H,22,23). The first-order valence-corrected chi connectivity index (χ1v) is 9.43. The number of rotatable bonds is 5. The van der Waals surface area contributed by atoms with Gasteiger partial charge in [0.15, 0.2) is 5.16 Å². The van der Waals surface area contributed by atoms with Crippen molar-refractivity contribution in [2.75, 3.05) is 5.75 Å². The van der Waals surface area contributed by atoms with E-state index < -0.39 is 5.97 Å². The lowest BCUT2D eigenvalue weighted by molar-refractivity contribution is -0.136. The Morgan fingerprint density at radius 3 is 2.67 bits per heavy atom. The number of carboxylic acid groups (broad SMARTS) is 1. The van der Waals surface area contributed by atoms with Crippen LogP contribution in [0.3, 0.4) is 0 Å². The number of hydrogen-bond acceptors (Lipinski definition) is 4. The average Bonchev–Trinajstić information content (AvgIpc) is 3.14. The fraction of sp³-hybridized carbons (Fsp3) is 0.471. The van der Waals surface area contributed by atoms with Gasteiger partial charge in [0.05, 0.1) is 17.5 Å². The second-order valence-corrected chi connectivity index (χ2v) is 7.32. The molecule has 6 nitrogen and oxygen atoms in total. The zero-order chi connectivity index (χ0) is 16.5. The number of aliphatic carboxylic acids is 1. The molecule has 0 bridgehead atoms. The maximum atomic E-state index is 10.8. The summed E-state index contributed by atoms with van der Waals surface area (Å²) in [5.41, 5.74) is 2.29. The van der Waals surface area contributed by atoms with Gasteiger partial charge in [-0.05, 0) is 25.0 Å². The Balaban J connectivity index is 1.80. The molecule has 24 heavy (non-hydrogen) atoms. The molecule has 3 aromatic rings. The summed E-state index contributed by atoms with van der Waals surface area (Å²) in [6, 6.07) is 8.79. The van der Waals surface area contributed by atoms with Gasteiger partial charge in [-0.25, -0.2) is 0 Å². The van der Waals surface area contributed by atoms with E-state index in [1.165, 1.54) is 49.4 Å². The molecule has 0 saturated heterocycles. The Bertz CT molecular complexity index is 879. The van der Waals surface area contributed by atoms with Gasteiger partial charge in [-0.3, -0.25) is 9.20 Å². The van der Waals surface area contributed by atoms with E-state index in [0.29, 0.717) is 11.8 Å². The number of para-hydroxylation sites is 2. The van der Waals surface area contributed by atoms with E-state index in [1.54, 1.807) is 0 Å². The van der Waals surface area contributed by atoms with Crippen molar-refractivity contribution in [2.24, 2.45) is 0 Å². The van der Waals surface area contributed by atoms with Crippen LogP contribution in [0.2, 0.25) is 0 Å². The van der Waals surface area contributed by atoms with Gasteiger partial charge in [0, 0.05) is 11.8 Å². The summed E-state index contributed by atoms with van der Waals surface area (Å²) in [6.45, 7) is 0. The minimum absolute atomic E-state index is 0.126. The molecule has 0 radical (unpaired) electrons. The molecule has 0 unspecified atom stereocenters. The molecule has 1 aromatic carbocycles. The summed E-state index contributed by atoms with van der Waals surface area (Å²) in [7, 11) is 0. The van der Waals surface area contributed by atoms with Crippen LogP contribution in [0.25, 0.3) is 16.8 Å². The molecule has 1 saturated carbocycles. The van der Waals surface area contributed by atoms with E-state index >= 15 is 0 Å². The fourth-order valence-corrected chi connectivity index (χ4v) is 4.48. The van der Waals surface area contributed by atoms with E-state index in [2.05, 4.69) is 37.4 Å². The number of thioether (sulfide) groups is 1. The Kier molecular flexibility index (Phi) is 4.18. The lowest BCUT2D eigenvalue weighted by Crippen LogP contribution is -2.13. The van der Waals surface area contributed by atoms with Crippen molar-refractivity contribution < 1.29 is 9.90 Å². The number of aromatic nitrogens is 4. The highest BCUT2D eigenvalue weighted by Crippen LogP contribution is 2.35. The van der Waals surface area contributed by atoms with E-state index in [9.17, 15) is 4.79 Å². The van der Waals surface area contributed by atoms with Crippen molar-refractivity contribution in [3.05, 3.63) is 24.3 Å². The second kappa shape index (κ2) is 6.47. The lowest BCUT2D eigenvalue weighted by Gasteiger charge is -2.23. The van der Waals surface area contributed by atoms with Crippen molar-refractivity contribution >= 4 is 34.5 Å². The van der Waals surface area contributed by atoms with Gasteiger partial charge in [0.1, 0.15) is 0 Å². The predicted octanol–water partition coefficient (Wildman–Crippen LogP) is 3.76. The van der Waals surface area contributed by atoms with Gasteiger partial charge in [-0.2, -0.15) is 0 Å². The molecule has 1 aliphatic carbocycles. The highest BCUT2D eigenvalue weighted by molar-refractivity contribution is 7.99. The van der Waals surface area contributed by atoms with Gasteiger partial charge in [-0.1, -0.05) is 43.2 Å². The molecule has 7 heteroatoms. The summed E-state index contributed by atoms with van der Waals surface area (Å²) in [5, 5.41) is 18.4. The molecule has 2 aromatic heterocycles. The van der Waals surface area contributed by atoms with Crippen molar-refractivity contribution in [1.82, 2.24) is 19.2 Å². The van der Waals surface area contributed by atoms with Gasteiger partial charge in [0.2, 0.25) is 5.78 Å². The van der Waals surface area contributed by atoms with Crippen molar-refractivity contribution in [3.63, 3.8) is 0 Å². The van der Waals surface area contributed by atoms with Gasteiger partial charge < -0.3 is 9.67 Å². The molecule has 0 amide bonds. The van der Waals surface area contributed by atoms with Crippen molar-refractivity contribution in [2.45, 2.75) is 49.7 Å². The number of benzene rings is 1. The molecule has 0 spiro atoms. The normalized spacial score (nSPS) is 16.2. The first-order chi connectivity index (χ1) is 11.8. The Hall–Kier alpha value is -2.02. The minimum Gasteiger partial charge on any atom is -0.481 e. The van der Waals surface area contributed by atoms with Crippen molar-refractivity contribution in [3.8, 4) is 0 Å². The monoisotopic (exact) mass is 344 g/mol. The number of fused-ring (bicyclic) bond motifs is 3. The van der Waals surface area contributed by atoms with E-state index in [-0.39, 0.29) is 6.42 Å². The van der Waals surface area contributed by atoms with Crippen LogP contribution in [0.4, 0.5) is 0 Å². The average molecular weight is 344 g/mol. The Morgan fingerprint density at radius 2 is 1.92 bits per heavy atom. The van der Waals surface area contributed by atoms with Crippen LogP contribution < -0.4 is 0 Å². The van der Waals surface area contributed by atoms with E-state index in [0.717, 1.165) is 16.5 Å². The fourth-order valence-electron chi connectivity index (χ4n) is 3.62. The highest BCUT2D eigenvalue weighted by Gasteiger charge is 2.23.